The SMILES string of the molecule is CC(C)COc1ccc(C(C)(C)CNC2=NCCN2C)cc1.I. The van der Waals surface area contributed by atoms with Crippen molar-refractivity contribution < 1.29 is 4.74 Å². The van der Waals surface area contributed by atoms with Crippen LogP contribution in [-0.4, -0.2) is 44.1 Å². The van der Waals surface area contributed by atoms with Crippen LogP contribution in [0, 0.1) is 5.92 Å². The molecule has 5 heteroatoms. The van der Waals surface area contributed by atoms with E-state index in [0.29, 0.717) is 5.92 Å². The predicted octanol–water partition coefficient (Wildman–Crippen LogP) is 3.51. The fraction of sp³-hybridized carbons (Fsp3) is 0.611. The standard InChI is InChI=1S/C18H29N3O.HI/c1-14(2)12-22-16-8-6-15(7-9-16)18(3,4)13-20-17-19-10-11-21(17)5;/h6-9,14H,10-13H2,1-5H3,(H,19,20);1H. The van der Waals surface area contributed by atoms with Crippen molar-refractivity contribution in [1.29, 1.82) is 0 Å². The Morgan fingerprint density at radius 3 is 2.43 bits per heavy atom. The maximum absolute atomic E-state index is 5.75. The third-order valence-corrected chi connectivity index (χ3v) is 3.97. The molecular formula is C18H30IN3O. The average molecular weight is 431 g/mol. The summed E-state index contributed by atoms with van der Waals surface area (Å²) in [6.07, 6.45) is 0. The van der Waals surface area contributed by atoms with Gasteiger partial charge in [-0.2, -0.15) is 0 Å². The zero-order chi connectivity index (χ0) is 16.2. The van der Waals surface area contributed by atoms with Crippen LogP contribution in [0.5, 0.6) is 5.75 Å². The summed E-state index contributed by atoms with van der Waals surface area (Å²) in [5.41, 5.74) is 1.35. The van der Waals surface area contributed by atoms with Gasteiger partial charge in [-0.1, -0.05) is 39.8 Å². The maximum atomic E-state index is 5.75. The summed E-state index contributed by atoms with van der Waals surface area (Å²) in [5.74, 6) is 2.50. The van der Waals surface area contributed by atoms with Crippen molar-refractivity contribution in [1.82, 2.24) is 10.2 Å². The molecule has 1 aliphatic rings. The molecule has 23 heavy (non-hydrogen) atoms. The number of benzene rings is 1. The van der Waals surface area contributed by atoms with Crippen LogP contribution in [-0.2, 0) is 5.41 Å². The van der Waals surface area contributed by atoms with Crippen molar-refractivity contribution in [2.24, 2.45) is 10.9 Å². The van der Waals surface area contributed by atoms with Crippen molar-refractivity contribution >= 4 is 29.9 Å². The van der Waals surface area contributed by atoms with Crippen LogP contribution in [0.3, 0.4) is 0 Å². The molecule has 0 bridgehead atoms. The highest BCUT2D eigenvalue weighted by molar-refractivity contribution is 14.0. The highest BCUT2D eigenvalue weighted by Crippen LogP contribution is 2.25. The predicted molar refractivity (Wildman–Crippen MR) is 108 cm³/mol. The fourth-order valence-electron chi connectivity index (χ4n) is 2.39. The third kappa shape index (κ3) is 5.86. The Labute approximate surface area is 157 Å². The van der Waals surface area contributed by atoms with Gasteiger partial charge in [0.05, 0.1) is 13.2 Å². The Bertz CT molecular complexity index is 512. The summed E-state index contributed by atoms with van der Waals surface area (Å²) in [6, 6.07) is 8.46. The molecule has 0 unspecified atom stereocenters. The monoisotopic (exact) mass is 431 g/mol. The van der Waals surface area contributed by atoms with Crippen molar-refractivity contribution in [2.75, 3.05) is 33.3 Å². The maximum Gasteiger partial charge on any atom is 0.193 e. The largest absolute Gasteiger partial charge is 0.493 e. The van der Waals surface area contributed by atoms with E-state index in [1.807, 2.05) is 0 Å². The molecule has 4 nitrogen and oxygen atoms in total. The zero-order valence-electron chi connectivity index (χ0n) is 14.9. The van der Waals surface area contributed by atoms with E-state index in [9.17, 15) is 0 Å². The number of hydrogen-bond donors (Lipinski definition) is 1. The summed E-state index contributed by atoms with van der Waals surface area (Å²) in [7, 11) is 2.08. The number of likely N-dealkylation sites (N-methyl/N-ethyl adjacent to an activating group) is 1. The lowest BCUT2D eigenvalue weighted by Crippen LogP contribution is -2.42. The minimum absolute atomic E-state index is 0. The summed E-state index contributed by atoms with van der Waals surface area (Å²) in [4.78, 5) is 6.65. The topological polar surface area (TPSA) is 36.9 Å². The van der Waals surface area contributed by atoms with Gasteiger partial charge in [-0.05, 0) is 23.6 Å². The number of ether oxygens (including phenoxy) is 1. The highest BCUT2D eigenvalue weighted by atomic mass is 127. The smallest absolute Gasteiger partial charge is 0.193 e. The normalized spacial score (nSPS) is 14.5. The summed E-state index contributed by atoms with van der Waals surface area (Å²) in [5, 5.41) is 3.47. The van der Waals surface area contributed by atoms with Crippen molar-refractivity contribution in [3.05, 3.63) is 29.8 Å². The van der Waals surface area contributed by atoms with E-state index in [4.69, 9.17) is 4.74 Å². The fourth-order valence-corrected chi connectivity index (χ4v) is 2.39. The van der Waals surface area contributed by atoms with Crippen LogP contribution in [0.1, 0.15) is 33.3 Å². The summed E-state index contributed by atoms with van der Waals surface area (Å²) >= 11 is 0. The Balaban J connectivity index is 0.00000264. The number of rotatable bonds is 6. The molecule has 0 aromatic heterocycles. The van der Waals surface area contributed by atoms with Crippen molar-refractivity contribution in [3.8, 4) is 5.75 Å². The molecule has 0 saturated heterocycles. The summed E-state index contributed by atoms with van der Waals surface area (Å²) < 4.78 is 5.75. The van der Waals surface area contributed by atoms with Crippen LogP contribution in [0.15, 0.2) is 29.3 Å². The first-order valence-electron chi connectivity index (χ1n) is 8.11. The number of aliphatic imine (C=N–C) groups is 1. The first kappa shape index (κ1) is 20.1. The minimum atomic E-state index is 0. The van der Waals surface area contributed by atoms with Crippen LogP contribution in [0.2, 0.25) is 0 Å². The number of nitrogens with zero attached hydrogens (tertiary/aromatic N) is 2. The Morgan fingerprint density at radius 1 is 1.26 bits per heavy atom. The minimum Gasteiger partial charge on any atom is -0.493 e. The van der Waals surface area contributed by atoms with Gasteiger partial charge in [0.25, 0.3) is 0 Å². The average Bonchev–Trinajstić information content (AvgIpc) is 2.89. The van der Waals surface area contributed by atoms with Gasteiger partial charge < -0.3 is 15.0 Å². The molecule has 1 N–H and O–H groups in total. The third-order valence-electron chi connectivity index (χ3n) is 3.97. The van der Waals surface area contributed by atoms with Gasteiger partial charge >= 0.3 is 0 Å². The quantitative estimate of drug-likeness (QED) is 0.701. The lowest BCUT2D eigenvalue weighted by Gasteiger charge is -2.27. The molecule has 1 aromatic rings. The Morgan fingerprint density at radius 2 is 1.91 bits per heavy atom. The van der Waals surface area contributed by atoms with E-state index in [0.717, 1.165) is 38.0 Å². The van der Waals surface area contributed by atoms with Gasteiger partial charge in [0, 0.05) is 25.6 Å². The van der Waals surface area contributed by atoms with E-state index < -0.39 is 0 Å². The lowest BCUT2D eigenvalue weighted by atomic mass is 9.84. The Kier molecular flexibility index (Phi) is 7.64. The van der Waals surface area contributed by atoms with Gasteiger partial charge in [-0.25, -0.2) is 0 Å². The molecule has 1 aliphatic heterocycles. The first-order chi connectivity index (χ1) is 10.4. The van der Waals surface area contributed by atoms with Gasteiger partial charge in [0.1, 0.15) is 5.75 Å². The number of halogens is 1. The molecule has 0 spiro atoms. The second-order valence-corrected chi connectivity index (χ2v) is 7.09. The molecule has 0 fully saturated rings. The number of nitrogens with one attached hydrogen (secondary N) is 1. The molecular weight excluding hydrogens is 401 g/mol. The van der Waals surface area contributed by atoms with Gasteiger partial charge in [-0.3, -0.25) is 4.99 Å². The molecule has 1 aromatic carbocycles. The van der Waals surface area contributed by atoms with Gasteiger partial charge in [-0.15, -0.1) is 24.0 Å². The molecule has 0 aliphatic carbocycles. The Hall–Kier alpha value is -0.980. The highest BCUT2D eigenvalue weighted by Gasteiger charge is 2.22. The zero-order valence-corrected chi connectivity index (χ0v) is 17.3. The molecule has 0 radical (unpaired) electrons. The van der Waals surface area contributed by atoms with Crippen LogP contribution < -0.4 is 10.1 Å². The van der Waals surface area contributed by atoms with Crippen molar-refractivity contribution in [2.45, 2.75) is 33.1 Å². The molecule has 2 rings (SSSR count). The number of guanidine groups is 1. The molecule has 1 heterocycles. The second-order valence-electron chi connectivity index (χ2n) is 7.09. The van der Waals surface area contributed by atoms with Crippen LogP contribution >= 0.6 is 24.0 Å². The van der Waals surface area contributed by atoms with Crippen molar-refractivity contribution in [3.63, 3.8) is 0 Å². The summed E-state index contributed by atoms with van der Waals surface area (Å²) in [6.45, 7) is 12.3. The van der Waals surface area contributed by atoms with Gasteiger partial charge in [0.15, 0.2) is 5.96 Å². The van der Waals surface area contributed by atoms with Gasteiger partial charge in [0.2, 0.25) is 0 Å². The van der Waals surface area contributed by atoms with Crippen LogP contribution in [0.25, 0.3) is 0 Å². The number of hydrogen-bond acceptors (Lipinski definition) is 4. The van der Waals surface area contributed by atoms with E-state index in [2.05, 4.69) is 74.2 Å². The lowest BCUT2D eigenvalue weighted by molar-refractivity contribution is 0.271. The van der Waals surface area contributed by atoms with E-state index in [1.54, 1.807) is 0 Å². The molecule has 0 atom stereocenters. The van der Waals surface area contributed by atoms with E-state index >= 15 is 0 Å². The first-order valence-corrected chi connectivity index (χ1v) is 8.11. The van der Waals surface area contributed by atoms with E-state index in [1.165, 1.54) is 5.56 Å². The molecule has 130 valence electrons. The molecule has 0 saturated carbocycles. The second kappa shape index (κ2) is 8.76. The molecule has 0 amide bonds. The van der Waals surface area contributed by atoms with E-state index in [-0.39, 0.29) is 29.4 Å². The van der Waals surface area contributed by atoms with Crippen LogP contribution in [0.4, 0.5) is 0 Å².